The van der Waals surface area contributed by atoms with Crippen molar-refractivity contribution in [2.45, 2.75) is 57.9 Å². The number of piperidine rings is 2. The fourth-order valence-electron chi connectivity index (χ4n) is 7.10. The van der Waals surface area contributed by atoms with Crippen molar-refractivity contribution in [1.82, 2.24) is 20.1 Å². The third-order valence-electron chi connectivity index (χ3n) is 10.1. The summed E-state index contributed by atoms with van der Waals surface area (Å²) in [5.74, 6) is 1.55. The summed E-state index contributed by atoms with van der Waals surface area (Å²) < 4.78 is 39.7. The molecule has 57 heavy (non-hydrogen) atoms. The van der Waals surface area contributed by atoms with Crippen molar-refractivity contribution in [2.75, 3.05) is 26.2 Å². The van der Waals surface area contributed by atoms with E-state index < -0.39 is 0 Å². The Morgan fingerprint density at radius 1 is 0.579 bits per heavy atom. The Balaban J connectivity index is 0.000000174. The molecule has 0 atom stereocenters. The highest BCUT2D eigenvalue weighted by Gasteiger charge is 2.15. The molecule has 0 spiro atoms. The van der Waals surface area contributed by atoms with Gasteiger partial charge in [0.1, 0.15) is 18.2 Å². The summed E-state index contributed by atoms with van der Waals surface area (Å²) in [6.45, 7) is 4.12. The number of likely N-dealkylation sites (tertiary alicyclic amines) is 2. The minimum absolute atomic E-state index is 0.240. The van der Waals surface area contributed by atoms with Crippen molar-refractivity contribution in [3.8, 4) is 22.3 Å². The first-order valence-electron chi connectivity index (χ1n) is 19.6. The van der Waals surface area contributed by atoms with E-state index in [4.69, 9.17) is 20.5 Å². The van der Waals surface area contributed by atoms with E-state index in [0.717, 1.165) is 79.8 Å². The van der Waals surface area contributed by atoms with Crippen LogP contribution in [-0.4, -0.2) is 58.2 Å². The number of hydrogen-bond acceptors (Lipinski definition) is 6. The lowest BCUT2D eigenvalue weighted by atomic mass is 10.0. The van der Waals surface area contributed by atoms with Crippen LogP contribution < -0.4 is 11.5 Å². The lowest BCUT2D eigenvalue weighted by molar-refractivity contribution is 0.336. The van der Waals surface area contributed by atoms with Crippen molar-refractivity contribution in [1.29, 1.82) is 0 Å². The van der Waals surface area contributed by atoms with Crippen molar-refractivity contribution >= 4 is 17.8 Å². The summed E-state index contributed by atoms with van der Waals surface area (Å²) >= 11 is 0. The predicted molar refractivity (Wildman–Crippen MR) is 220 cm³/mol. The van der Waals surface area contributed by atoms with Gasteiger partial charge in [-0.2, -0.15) is 4.99 Å². The van der Waals surface area contributed by atoms with E-state index in [0.29, 0.717) is 59.8 Å². The second-order valence-corrected chi connectivity index (χ2v) is 14.4. The normalized spacial score (nSPS) is 15.0. The molecule has 2 saturated heterocycles. The average Bonchev–Trinajstić information content (AvgIpc) is 3.90. The highest BCUT2D eigenvalue weighted by molar-refractivity contribution is 5.80. The monoisotopic (exact) mass is 770 g/mol. The molecule has 12 heteroatoms. The number of halogens is 2. The van der Waals surface area contributed by atoms with Gasteiger partial charge in [-0.05, 0) is 72.9 Å². The molecule has 0 amide bonds. The van der Waals surface area contributed by atoms with Crippen molar-refractivity contribution in [3.63, 3.8) is 0 Å². The molecule has 2 fully saturated rings. The highest BCUT2D eigenvalue weighted by Crippen LogP contribution is 2.26. The molecule has 4 N–H and O–H groups in total. The molecule has 8 rings (SSSR count). The van der Waals surface area contributed by atoms with Crippen LogP contribution in [0.2, 0.25) is 0 Å². The minimum atomic E-state index is -0.250. The maximum absolute atomic E-state index is 14.6. The molecule has 0 unspecified atom stereocenters. The van der Waals surface area contributed by atoms with E-state index in [1.807, 2.05) is 84.9 Å². The summed E-state index contributed by atoms with van der Waals surface area (Å²) in [7, 11) is 0. The SMILES string of the molecule is NC(=NCc1cc(Cc2ccc(-c3ccccc3)c(F)c2)no1)N1CCCCC1.NC(=Nc1cc(Cc2ccc(-c3ccccc3)c(F)c2)no1)N1CCCCC1. The molecule has 10 nitrogen and oxygen atoms in total. The molecule has 6 aromatic rings. The maximum Gasteiger partial charge on any atom is 0.253 e. The van der Waals surface area contributed by atoms with Gasteiger partial charge >= 0.3 is 0 Å². The molecule has 0 bridgehead atoms. The third-order valence-corrected chi connectivity index (χ3v) is 10.1. The number of aliphatic imine (C=N–C) groups is 2. The Labute approximate surface area is 331 Å². The zero-order valence-corrected chi connectivity index (χ0v) is 32.0. The number of nitrogens with two attached hydrogens (primary N) is 2. The average molecular weight is 771 g/mol. The van der Waals surface area contributed by atoms with E-state index in [2.05, 4.69) is 30.1 Å². The molecule has 0 radical (unpaired) electrons. The van der Waals surface area contributed by atoms with Gasteiger partial charge in [-0.3, -0.25) is 0 Å². The van der Waals surface area contributed by atoms with Crippen LogP contribution in [0.5, 0.6) is 0 Å². The van der Waals surface area contributed by atoms with Gasteiger partial charge in [0.25, 0.3) is 5.88 Å². The Bertz CT molecular complexity index is 2260. The van der Waals surface area contributed by atoms with Crippen LogP contribution in [0.15, 0.2) is 128 Å². The first kappa shape index (κ1) is 39.0. The van der Waals surface area contributed by atoms with Gasteiger partial charge in [0.2, 0.25) is 0 Å². The van der Waals surface area contributed by atoms with Gasteiger partial charge < -0.3 is 30.3 Å². The van der Waals surface area contributed by atoms with Crippen LogP contribution in [0.3, 0.4) is 0 Å². The fraction of sp³-hybridized carbons (Fsp3) is 0.289. The molecule has 4 heterocycles. The van der Waals surface area contributed by atoms with Gasteiger partial charge in [-0.15, -0.1) is 0 Å². The van der Waals surface area contributed by atoms with Crippen LogP contribution in [0.25, 0.3) is 22.3 Å². The molecule has 2 aliphatic rings. The van der Waals surface area contributed by atoms with E-state index in [-0.39, 0.29) is 11.6 Å². The van der Waals surface area contributed by atoms with Crippen molar-refractivity contribution < 1.29 is 17.8 Å². The molecular formula is C45H48F2N8O2. The van der Waals surface area contributed by atoms with E-state index in [9.17, 15) is 8.78 Å². The van der Waals surface area contributed by atoms with E-state index in [1.165, 1.54) is 12.8 Å². The number of benzene rings is 4. The first-order valence-corrected chi connectivity index (χ1v) is 19.6. The molecule has 294 valence electrons. The minimum Gasteiger partial charge on any atom is -0.370 e. The molecule has 0 saturated carbocycles. The second-order valence-electron chi connectivity index (χ2n) is 14.4. The topological polar surface area (TPSA) is 135 Å². The Morgan fingerprint density at radius 3 is 1.60 bits per heavy atom. The molecule has 2 aliphatic heterocycles. The van der Waals surface area contributed by atoms with Crippen LogP contribution >= 0.6 is 0 Å². The van der Waals surface area contributed by atoms with Gasteiger partial charge in [-0.1, -0.05) is 95.2 Å². The van der Waals surface area contributed by atoms with Gasteiger partial charge in [-0.25, -0.2) is 13.8 Å². The lowest BCUT2D eigenvalue weighted by Crippen LogP contribution is -2.40. The van der Waals surface area contributed by atoms with Crippen LogP contribution in [0.1, 0.15) is 66.8 Å². The van der Waals surface area contributed by atoms with Crippen LogP contribution in [0.4, 0.5) is 14.7 Å². The predicted octanol–water partition coefficient (Wildman–Crippen LogP) is 8.88. The summed E-state index contributed by atoms with van der Waals surface area (Å²) in [6.07, 6.45) is 8.02. The fourth-order valence-corrected chi connectivity index (χ4v) is 7.10. The van der Waals surface area contributed by atoms with Crippen LogP contribution in [0, 0.1) is 11.6 Å². The van der Waals surface area contributed by atoms with Crippen molar-refractivity contribution in [2.24, 2.45) is 21.5 Å². The van der Waals surface area contributed by atoms with E-state index in [1.54, 1.807) is 24.3 Å². The number of nitrogens with zero attached hydrogens (tertiary/aromatic N) is 6. The van der Waals surface area contributed by atoms with E-state index >= 15 is 0 Å². The summed E-state index contributed by atoms with van der Waals surface area (Å²) in [6, 6.07) is 33.2. The standard InChI is InChI=1S/C23H25FN4O.C22H23FN4O/c24-22-14-17(9-10-21(22)18-7-3-1-4-8-18)13-19-15-20(29-27-19)16-26-23(25)28-11-5-2-6-12-28;23-20-14-16(9-10-19(20)17-7-3-1-4-8-17)13-18-15-21(28-26-18)25-22(24)27-11-5-2-6-12-27/h1,3-4,7-10,14-15H,2,5-6,11-13,16H2,(H2,25,26);1,3-4,7-10,14-15H,2,5-6,11-13H2,(H2,24,25). The van der Waals surface area contributed by atoms with Crippen LogP contribution in [-0.2, 0) is 19.4 Å². The maximum atomic E-state index is 14.6. The quantitative estimate of drug-likeness (QED) is 0.110. The Morgan fingerprint density at radius 2 is 1.07 bits per heavy atom. The molecule has 4 aromatic carbocycles. The largest absolute Gasteiger partial charge is 0.370 e. The zero-order valence-electron chi connectivity index (χ0n) is 32.0. The number of aromatic nitrogens is 2. The zero-order chi connectivity index (χ0) is 39.4. The highest BCUT2D eigenvalue weighted by atomic mass is 19.1. The number of guanidine groups is 2. The smallest absolute Gasteiger partial charge is 0.253 e. The summed E-state index contributed by atoms with van der Waals surface area (Å²) in [4.78, 5) is 12.9. The summed E-state index contributed by atoms with van der Waals surface area (Å²) in [5, 5.41) is 8.13. The lowest BCUT2D eigenvalue weighted by Gasteiger charge is -2.27. The Hall–Kier alpha value is -6.30. The van der Waals surface area contributed by atoms with Crippen molar-refractivity contribution in [3.05, 3.63) is 149 Å². The van der Waals surface area contributed by atoms with Gasteiger partial charge in [0.05, 0.1) is 11.4 Å². The van der Waals surface area contributed by atoms with Gasteiger partial charge in [0.15, 0.2) is 17.7 Å². The summed E-state index contributed by atoms with van der Waals surface area (Å²) in [5.41, 5.74) is 18.2. The van der Waals surface area contributed by atoms with Gasteiger partial charge in [0, 0.05) is 62.3 Å². The molecule has 2 aromatic heterocycles. The third kappa shape index (κ3) is 10.7. The first-order chi connectivity index (χ1) is 27.9. The molecular weight excluding hydrogens is 723 g/mol. The Kier molecular flexibility index (Phi) is 13.0. The number of rotatable bonds is 9. The second kappa shape index (κ2) is 19.0. The number of hydrogen-bond donors (Lipinski definition) is 2. The molecule has 0 aliphatic carbocycles.